The topological polar surface area (TPSA) is 102 Å². The van der Waals surface area contributed by atoms with Gasteiger partial charge in [0.1, 0.15) is 0 Å². The average molecular weight is 396 g/mol. The number of urea groups is 1. The Balaban J connectivity index is 2.05. The van der Waals surface area contributed by atoms with Gasteiger partial charge in [0.25, 0.3) is 5.91 Å². The first kappa shape index (κ1) is 21.8. The summed E-state index contributed by atoms with van der Waals surface area (Å²) < 4.78 is 4.98. The van der Waals surface area contributed by atoms with Crippen LogP contribution in [-0.2, 0) is 9.53 Å². The van der Waals surface area contributed by atoms with Crippen LogP contribution in [0.15, 0.2) is 48.5 Å². The van der Waals surface area contributed by atoms with Gasteiger partial charge in [-0.1, -0.05) is 48.0 Å². The first-order valence-corrected chi connectivity index (χ1v) is 9.06. The molecule has 3 amide bonds. The summed E-state index contributed by atoms with van der Waals surface area (Å²) in [4.78, 5) is 48.7. The van der Waals surface area contributed by atoms with E-state index in [-0.39, 0.29) is 16.9 Å². The molecule has 7 heteroatoms. The number of ketones is 1. The molecule has 2 rings (SSSR count). The molecule has 0 aliphatic heterocycles. The van der Waals surface area contributed by atoms with Crippen molar-refractivity contribution in [3.8, 4) is 0 Å². The van der Waals surface area contributed by atoms with Crippen molar-refractivity contribution in [1.82, 2.24) is 10.6 Å². The van der Waals surface area contributed by atoms with Crippen LogP contribution in [0.1, 0.15) is 52.6 Å². The number of benzene rings is 2. The van der Waals surface area contributed by atoms with E-state index in [4.69, 9.17) is 4.74 Å². The van der Waals surface area contributed by atoms with Gasteiger partial charge >= 0.3 is 12.0 Å². The van der Waals surface area contributed by atoms with Crippen LogP contribution in [0.4, 0.5) is 4.79 Å². The van der Waals surface area contributed by atoms with Crippen molar-refractivity contribution >= 4 is 23.7 Å². The first-order chi connectivity index (χ1) is 13.6. The number of ether oxygens (including phenoxy) is 1. The Morgan fingerprint density at radius 1 is 0.897 bits per heavy atom. The SMILES string of the molecule is Cc1ccc(C(=O)c2ccccc2C(=O)OCC(=O)NC(=O)NC(C)(C)C)cc1. The van der Waals surface area contributed by atoms with Gasteiger partial charge in [0.05, 0.1) is 5.56 Å². The Labute approximate surface area is 169 Å². The van der Waals surface area contributed by atoms with E-state index in [0.717, 1.165) is 5.56 Å². The fourth-order valence-corrected chi connectivity index (χ4v) is 2.46. The lowest BCUT2D eigenvalue weighted by atomic mass is 9.98. The Hall–Kier alpha value is -3.48. The van der Waals surface area contributed by atoms with E-state index in [0.29, 0.717) is 5.56 Å². The molecular weight excluding hydrogens is 372 g/mol. The Morgan fingerprint density at radius 2 is 1.48 bits per heavy atom. The third-order valence-electron chi connectivity index (χ3n) is 3.78. The van der Waals surface area contributed by atoms with E-state index in [1.165, 1.54) is 12.1 Å². The molecule has 2 aromatic carbocycles. The van der Waals surface area contributed by atoms with Gasteiger partial charge in [-0.25, -0.2) is 9.59 Å². The van der Waals surface area contributed by atoms with E-state index >= 15 is 0 Å². The second kappa shape index (κ2) is 9.14. The minimum absolute atomic E-state index is 0.0463. The van der Waals surface area contributed by atoms with Crippen LogP contribution in [0.25, 0.3) is 0 Å². The Morgan fingerprint density at radius 3 is 2.07 bits per heavy atom. The fraction of sp³-hybridized carbons (Fsp3) is 0.273. The van der Waals surface area contributed by atoms with Crippen LogP contribution < -0.4 is 10.6 Å². The molecule has 2 aromatic rings. The molecule has 0 atom stereocenters. The number of carbonyl (C=O) groups excluding carboxylic acids is 4. The highest BCUT2D eigenvalue weighted by atomic mass is 16.5. The molecule has 0 bridgehead atoms. The minimum Gasteiger partial charge on any atom is -0.452 e. The largest absolute Gasteiger partial charge is 0.452 e. The molecule has 0 aromatic heterocycles. The zero-order valence-corrected chi connectivity index (χ0v) is 16.9. The number of rotatable bonds is 5. The summed E-state index contributed by atoms with van der Waals surface area (Å²) in [7, 11) is 0. The molecule has 0 fully saturated rings. The number of hydrogen-bond donors (Lipinski definition) is 2. The highest BCUT2D eigenvalue weighted by molar-refractivity contribution is 6.14. The summed E-state index contributed by atoms with van der Waals surface area (Å²) in [6.07, 6.45) is 0. The van der Waals surface area contributed by atoms with Gasteiger partial charge in [-0.2, -0.15) is 0 Å². The Kier molecular flexibility index (Phi) is 6.88. The summed E-state index contributed by atoms with van der Waals surface area (Å²) >= 11 is 0. The molecule has 0 radical (unpaired) electrons. The van der Waals surface area contributed by atoms with Crippen molar-refractivity contribution in [3.05, 3.63) is 70.8 Å². The average Bonchev–Trinajstić information content (AvgIpc) is 2.64. The van der Waals surface area contributed by atoms with Crippen molar-refractivity contribution in [2.75, 3.05) is 6.61 Å². The molecule has 0 spiro atoms. The summed E-state index contributed by atoms with van der Waals surface area (Å²) in [6.45, 7) is 6.55. The summed E-state index contributed by atoms with van der Waals surface area (Å²) in [6, 6.07) is 12.5. The molecule has 0 aliphatic rings. The number of hydrogen-bond acceptors (Lipinski definition) is 5. The van der Waals surface area contributed by atoms with Gasteiger partial charge < -0.3 is 10.1 Å². The van der Waals surface area contributed by atoms with Crippen LogP contribution in [0.5, 0.6) is 0 Å². The Bertz CT molecular complexity index is 927. The molecular formula is C22H24N2O5. The molecule has 0 heterocycles. The fourth-order valence-electron chi connectivity index (χ4n) is 2.46. The minimum atomic E-state index is -0.826. The quantitative estimate of drug-likeness (QED) is 0.598. The monoisotopic (exact) mass is 396 g/mol. The van der Waals surface area contributed by atoms with Crippen LogP contribution >= 0.6 is 0 Å². The van der Waals surface area contributed by atoms with Crippen LogP contribution in [0.2, 0.25) is 0 Å². The van der Waals surface area contributed by atoms with Gasteiger partial charge in [0.15, 0.2) is 12.4 Å². The maximum atomic E-state index is 12.8. The lowest BCUT2D eigenvalue weighted by Gasteiger charge is -2.20. The summed E-state index contributed by atoms with van der Waals surface area (Å²) in [5, 5.41) is 4.64. The van der Waals surface area contributed by atoms with Gasteiger partial charge in [-0.3, -0.25) is 14.9 Å². The van der Waals surface area contributed by atoms with Crippen LogP contribution in [-0.4, -0.2) is 35.8 Å². The predicted molar refractivity (Wildman–Crippen MR) is 108 cm³/mol. The van der Waals surface area contributed by atoms with E-state index in [1.807, 2.05) is 6.92 Å². The van der Waals surface area contributed by atoms with Gasteiger partial charge in [0, 0.05) is 16.7 Å². The van der Waals surface area contributed by atoms with Crippen molar-refractivity contribution in [2.45, 2.75) is 33.2 Å². The maximum Gasteiger partial charge on any atom is 0.339 e. The van der Waals surface area contributed by atoms with Gasteiger partial charge in [0.2, 0.25) is 0 Å². The highest BCUT2D eigenvalue weighted by Crippen LogP contribution is 2.16. The zero-order valence-electron chi connectivity index (χ0n) is 16.9. The zero-order chi connectivity index (χ0) is 21.6. The second-order valence-corrected chi connectivity index (χ2v) is 7.57. The smallest absolute Gasteiger partial charge is 0.339 e. The number of aryl methyl sites for hydroxylation is 1. The second-order valence-electron chi connectivity index (χ2n) is 7.57. The first-order valence-electron chi connectivity index (χ1n) is 9.06. The van der Waals surface area contributed by atoms with Crippen LogP contribution in [0.3, 0.4) is 0 Å². The molecule has 7 nitrogen and oxygen atoms in total. The molecule has 0 aliphatic carbocycles. The summed E-state index contributed by atoms with van der Waals surface area (Å²) in [5.41, 5.74) is 1.15. The van der Waals surface area contributed by atoms with E-state index in [1.54, 1.807) is 57.2 Å². The van der Waals surface area contributed by atoms with E-state index < -0.39 is 30.1 Å². The maximum absolute atomic E-state index is 12.8. The lowest BCUT2D eigenvalue weighted by Crippen LogP contribution is -2.49. The van der Waals surface area contributed by atoms with E-state index in [2.05, 4.69) is 10.6 Å². The van der Waals surface area contributed by atoms with Gasteiger partial charge in [-0.05, 0) is 33.8 Å². The number of amides is 3. The lowest BCUT2D eigenvalue weighted by molar-refractivity contribution is -0.123. The standard InChI is InChI=1S/C22H24N2O5/c1-14-9-11-15(12-10-14)19(26)16-7-5-6-8-17(16)20(27)29-13-18(25)23-21(28)24-22(2,3)4/h5-12H,13H2,1-4H3,(H2,23,24,25,28). The van der Waals surface area contributed by atoms with Crippen molar-refractivity contribution < 1.29 is 23.9 Å². The molecule has 0 saturated carbocycles. The summed E-state index contributed by atoms with van der Waals surface area (Å²) in [5.74, 6) is -1.93. The normalized spacial score (nSPS) is 10.8. The van der Waals surface area contributed by atoms with Crippen LogP contribution in [0, 0.1) is 6.92 Å². The number of carbonyl (C=O) groups is 4. The number of nitrogens with one attached hydrogen (secondary N) is 2. The third kappa shape index (κ3) is 6.57. The molecule has 2 N–H and O–H groups in total. The highest BCUT2D eigenvalue weighted by Gasteiger charge is 2.21. The molecule has 152 valence electrons. The third-order valence-corrected chi connectivity index (χ3v) is 3.78. The van der Waals surface area contributed by atoms with Crippen molar-refractivity contribution in [1.29, 1.82) is 0 Å². The number of esters is 1. The van der Waals surface area contributed by atoms with E-state index in [9.17, 15) is 19.2 Å². The van der Waals surface area contributed by atoms with Crippen molar-refractivity contribution in [3.63, 3.8) is 0 Å². The van der Waals surface area contributed by atoms with Crippen molar-refractivity contribution in [2.24, 2.45) is 0 Å². The predicted octanol–water partition coefficient (Wildman–Crippen LogP) is 3.01. The molecule has 29 heavy (non-hydrogen) atoms. The van der Waals surface area contributed by atoms with Gasteiger partial charge in [-0.15, -0.1) is 0 Å². The number of imide groups is 1. The molecule has 0 unspecified atom stereocenters. The molecule has 0 saturated heterocycles.